The molecule has 0 saturated heterocycles. The second-order valence-corrected chi connectivity index (χ2v) is 14.3. The van der Waals surface area contributed by atoms with Crippen molar-refractivity contribution < 1.29 is 18.0 Å². The van der Waals surface area contributed by atoms with Gasteiger partial charge in [-0.2, -0.15) is 23.4 Å². The van der Waals surface area contributed by atoms with E-state index in [9.17, 15) is 18.0 Å². The number of benzene rings is 3. The average molecular weight is 706 g/mol. The molecule has 1 saturated carbocycles. The zero-order valence-electron chi connectivity index (χ0n) is 30.2. The number of carbonyl (C=O) groups is 1. The van der Waals surface area contributed by atoms with Crippen LogP contribution in [-0.4, -0.2) is 59.4 Å². The summed E-state index contributed by atoms with van der Waals surface area (Å²) in [6.45, 7) is 4.10. The summed E-state index contributed by atoms with van der Waals surface area (Å²) < 4.78 is 44.3. The number of halogens is 3. The number of amides is 1. The van der Waals surface area contributed by atoms with E-state index in [1.807, 2.05) is 74.4 Å². The molecule has 0 radical (unpaired) electrons. The van der Waals surface area contributed by atoms with Crippen LogP contribution in [0.1, 0.15) is 77.9 Å². The fourth-order valence-electron chi connectivity index (χ4n) is 7.13. The van der Waals surface area contributed by atoms with Crippen LogP contribution in [0, 0.1) is 5.92 Å². The summed E-state index contributed by atoms with van der Waals surface area (Å²) in [6.07, 6.45) is -0.0983. The lowest BCUT2D eigenvalue weighted by Crippen LogP contribution is -2.32. The third kappa shape index (κ3) is 6.67. The summed E-state index contributed by atoms with van der Waals surface area (Å²) in [5, 5.41) is 10.6. The second-order valence-electron chi connectivity index (χ2n) is 14.3. The highest BCUT2D eigenvalue weighted by Gasteiger charge is 2.45. The number of hydrogen-bond donors (Lipinski definition) is 0. The van der Waals surface area contributed by atoms with Crippen LogP contribution in [0.5, 0.6) is 0 Å². The standard InChI is InChI=1S/C41H42F3N7O/c1-25(2)27-12-14-28(15-13-27)34-23-36(41(42,43)44)50-37(45-34)24-35(46-50)40(52)51-39(29-16-20-32(21-17-29)49(5)6)33-9-7-8-30(38(33)47-51)22-26-10-18-31(19-11-26)48(3)4/h10-25,33,39H,7-9H2,1-6H3/b30-22+/t33-,39-/m0/s1. The molecule has 5 aromatic rings. The Morgan fingerprint density at radius 1 is 0.885 bits per heavy atom. The normalized spacial score (nSPS) is 18.2. The van der Waals surface area contributed by atoms with Crippen molar-refractivity contribution in [3.63, 3.8) is 0 Å². The minimum absolute atomic E-state index is 0.0704. The first-order chi connectivity index (χ1) is 24.8. The van der Waals surface area contributed by atoms with E-state index in [0.29, 0.717) is 5.56 Å². The Kier molecular flexibility index (Phi) is 9.14. The fourth-order valence-corrected chi connectivity index (χ4v) is 7.13. The lowest BCUT2D eigenvalue weighted by Gasteiger charge is -2.29. The molecule has 3 heterocycles. The van der Waals surface area contributed by atoms with Gasteiger partial charge < -0.3 is 9.80 Å². The van der Waals surface area contributed by atoms with Gasteiger partial charge in [0.25, 0.3) is 5.91 Å². The molecule has 3 aromatic carbocycles. The number of hydrogen-bond acceptors (Lipinski definition) is 6. The Morgan fingerprint density at radius 2 is 1.52 bits per heavy atom. The number of anilines is 2. The van der Waals surface area contributed by atoms with Gasteiger partial charge in [-0.15, -0.1) is 0 Å². The van der Waals surface area contributed by atoms with Crippen molar-refractivity contribution in [2.24, 2.45) is 11.0 Å². The molecule has 1 amide bonds. The van der Waals surface area contributed by atoms with Gasteiger partial charge in [-0.3, -0.25) is 4.79 Å². The first-order valence-corrected chi connectivity index (χ1v) is 17.5. The Morgan fingerprint density at radius 3 is 2.12 bits per heavy atom. The molecular weight excluding hydrogens is 663 g/mol. The van der Waals surface area contributed by atoms with Crippen molar-refractivity contribution in [2.45, 2.75) is 51.2 Å². The number of nitrogens with zero attached hydrogens (tertiary/aromatic N) is 7. The molecule has 268 valence electrons. The third-order valence-electron chi connectivity index (χ3n) is 10.0. The highest BCUT2D eigenvalue weighted by molar-refractivity contribution is 6.09. The topological polar surface area (TPSA) is 69.3 Å². The van der Waals surface area contributed by atoms with Gasteiger partial charge in [-0.1, -0.05) is 62.4 Å². The first kappa shape index (κ1) is 35.0. The number of fused-ring (bicyclic) bond motifs is 2. The smallest absolute Gasteiger partial charge is 0.378 e. The van der Waals surface area contributed by atoms with Gasteiger partial charge in [0, 0.05) is 57.1 Å². The van der Waals surface area contributed by atoms with Crippen molar-refractivity contribution in [2.75, 3.05) is 38.0 Å². The van der Waals surface area contributed by atoms with Crippen LogP contribution in [0.15, 0.2) is 95.6 Å². The molecule has 0 bridgehead atoms. The minimum atomic E-state index is -4.75. The van der Waals surface area contributed by atoms with E-state index in [0.717, 1.165) is 69.2 Å². The molecule has 7 rings (SSSR count). The van der Waals surface area contributed by atoms with Crippen molar-refractivity contribution in [3.8, 4) is 11.3 Å². The molecule has 1 fully saturated rings. The van der Waals surface area contributed by atoms with Crippen LogP contribution in [0.2, 0.25) is 0 Å². The summed E-state index contributed by atoms with van der Waals surface area (Å²) in [5.74, 6) is -0.413. The molecule has 8 nitrogen and oxygen atoms in total. The number of allylic oxidation sites excluding steroid dienone is 1. The van der Waals surface area contributed by atoms with Gasteiger partial charge in [0.1, 0.15) is 0 Å². The van der Waals surface area contributed by atoms with Gasteiger partial charge in [0.05, 0.1) is 17.4 Å². The number of aromatic nitrogens is 3. The minimum Gasteiger partial charge on any atom is -0.378 e. The predicted octanol–water partition coefficient (Wildman–Crippen LogP) is 9.11. The van der Waals surface area contributed by atoms with Crippen LogP contribution in [0.4, 0.5) is 24.5 Å². The average Bonchev–Trinajstić information content (AvgIpc) is 3.74. The summed E-state index contributed by atoms with van der Waals surface area (Å²) in [6, 6.07) is 25.4. The molecule has 1 aliphatic heterocycles. The number of carbonyl (C=O) groups excluding carboxylic acids is 1. The molecule has 2 atom stereocenters. The Hall–Kier alpha value is -5.45. The maximum Gasteiger partial charge on any atom is 0.433 e. The Balaban J connectivity index is 1.31. The second kappa shape index (κ2) is 13.6. The molecule has 2 aliphatic rings. The quantitative estimate of drug-likeness (QED) is 0.169. The van der Waals surface area contributed by atoms with Crippen LogP contribution in [0.25, 0.3) is 23.0 Å². The van der Waals surface area contributed by atoms with E-state index in [1.54, 1.807) is 12.1 Å². The number of hydrazone groups is 1. The SMILES string of the molecule is CC(C)c1ccc(-c2cc(C(F)(F)F)n3nc(C(=O)N4N=C5/C(=C/c6ccc(N(C)C)cc6)CCC[C@@H]5[C@@H]4c4ccc(N(C)C)cc4)cc3n2)cc1. The molecule has 0 unspecified atom stereocenters. The van der Waals surface area contributed by atoms with Crippen molar-refractivity contribution in [1.82, 2.24) is 19.6 Å². The van der Waals surface area contributed by atoms with Gasteiger partial charge in [0.2, 0.25) is 0 Å². The van der Waals surface area contributed by atoms with Crippen LogP contribution in [0.3, 0.4) is 0 Å². The number of alkyl halides is 3. The highest BCUT2D eigenvalue weighted by atomic mass is 19.4. The van der Waals surface area contributed by atoms with Crippen molar-refractivity contribution >= 4 is 34.7 Å². The van der Waals surface area contributed by atoms with Gasteiger partial charge in [-0.05, 0) is 83.9 Å². The zero-order valence-corrected chi connectivity index (χ0v) is 30.2. The molecule has 0 spiro atoms. The van der Waals surface area contributed by atoms with Gasteiger partial charge in [-0.25, -0.2) is 14.5 Å². The molecule has 11 heteroatoms. The lowest BCUT2D eigenvalue weighted by atomic mass is 9.77. The lowest BCUT2D eigenvalue weighted by molar-refractivity contribution is -0.142. The summed E-state index contributed by atoms with van der Waals surface area (Å²) in [4.78, 5) is 23.1. The van der Waals surface area contributed by atoms with Crippen molar-refractivity contribution in [1.29, 1.82) is 0 Å². The molecule has 2 aromatic heterocycles. The van der Waals surface area contributed by atoms with E-state index >= 15 is 0 Å². The van der Waals surface area contributed by atoms with Crippen molar-refractivity contribution in [3.05, 3.63) is 119 Å². The highest BCUT2D eigenvalue weighted by Crippen LogP contribution is 2.45. The van der Waals surface area contributed by atoms with Gasteiger partial charge >= 0.3 is 6.18 Å². The Bertz CT molecular complexity index is 2160. The molecule has 1 aliphatic carbocycles. The van der Waals surface area contributed by atoms with E-state index in [1.165, 1.54) is 11.1 Å². The molecular formula is C41H42F3N7O. The van der Waals surface area contributed by atoms with Crippen LogP contribution < -0.4 is 9.80 Å². The zero-order chi connectivity index (χ0) is 36.9. The van der Waals surface area contributed by atoms with Crippen LogP contribution in [-0.2, 0) is 6.18 Å². The summed E-state index contributed by atoms with van der Waals surface area (Å²) in [7, 11) is 7.92. The molecule has 52 heavy (non-hydrogen) atoms. The summed E-state index contributed by atoms with van der Waals surface area (Å²) >= 11 is 0. The van der Waals surface area contributed by atoms with E-state index in [-0.39, 0.29) is 28.9 Å². The molecule has 0 N–H and O–H groups in total. The fraction of sp³-hybridized carbons (Fsp3) is 0.317. The number of rotatable bonds is 7. The predicted molar refractivity (Wildman–Crippen MR) is 201 cm³/mol. The van der Waals surface area contributed by atoms with E-state index < -0.39 is 23.8 Å². The monoisotopic (exact) mass is 705 g/mol. The maximum atomic E-state index is 14.5. The van der Waals surface area contributed by atoms with E-state index in [4.69, 9.17) is 5.10 Å². The first-order valence-electron chi connectivity index (χ1n) is 17.5. The Labute approximate surface area is 301 Å². The summed E-state index contributed by atoms with van der Waals surface area (Å²) in [5.41, 5.74) is 6.40. The van der Waals surface area contributed by atoms with Gasteiger partial charge in [0.15, 0.2) is 17.0 Å². The maximum absolute atomic E-state index is 14.5. The largest absolute Gasteiger partial charge is 0.433 e. The van der Waals surface area contributed by atoms with E-state index in [2.05, 4.69) is 54.3 Å². The van der Waals surface area contributed by atoms with Crippen LogP contribution >= 0.6 is 0 Å². The third-order valence-corrected chi connectivity index (χ3v) is 10.0.